The number of carboxylic acid groups (broad SMARTS) is 1. The molecule has 0 amide bonds. The number of benzene rings is 4. The standard InChI is InChI=1S/C32H26N2O4/c1-21-29(33-24-11-8-14-26(20-24)37-25-12-6-3-7-13-25)30(38-34-21)28-19-23(32(17-18-32)31(35)36)15-16-27(28)22-9-4-2-5-10-22/h2-16,19-20,33H,17-18H2,1H3,(H,35,36). The van der Waals surface area contributed by atoms with Crippen LogP contribution in [0.15, 0.2) is 108 Å². The number of rotatable bonds is 8. The molecular weight excluding hydrogens is 476 g/mol. The molecule has 0 spiro atoms. The lowest BCUT2D eigenvalue weighted by molar-refractivity contribution is -0.140. The van der Waals surface area contributed by atoms with E-state index in [0.29, 0.717) is 30.0 Å². The molecule has 1 aliphatic carbocycles. The molecule has 0 unspecified atom stereocenters. The van der Waals surface area contributed by atoms with Gasteiger partial charge in [-0.2, -0.15) is 0 Å². The van der Waals surface area contributed by atoms with Crippen molar-refractivity contribution in [2.24, 2.45) is 0 Å². The average Bonchev–Trinajstić information content (AvgIpc) is 3.69. The van der Waals surface area contributed by atoms with Crippen LogP contribution in [-0.4, -0.2) is 16.2 Å². The molecule has 2 N–H and O–H groups in total. The number of nitrogens with zero attached hydrogens (tertiary/aromatic N) is 1. The van der Waals surface area contributed by atoms with Gasteiger partial charge in [0.1, 0.15) is 22.9 Å². The molecule has 5 aromatic rings. The van der Waals surface area contributed by atoms with Crippen molar-refractivity contribution in [1.82, 2.24) is 5.16 Å². The first kappa shape index (κ1) is 23.6. The number of nitrogens with one attached hydrogen (secondary N) is 1. The zero-order valence-electron chi connectivity index (χ0n) is 20.8. The molecule has 0 radical (unpaired) electrons. The highest BCUT2D eigenvalue weighted by Crippen LogP contribution is 2.50. The zero-order chi connectivity index (χ0) is 26.1. The minimum Gasteiger partial charge on any atom is -0.481 e. The Balaban J connectivity index is 1.41. The van der Waals surface area contributed by atoms with Gasteiger partial charge in [0.25, 0.3) is 0 Å². The van der Waals surface area contributed by atoms with Gasteiger partial charge in [0.05, 0.1) is 5.41 Å². The van der Waals surface area contributed by atoms with Crippen LogP contribution in [0.3, 0.4) is 0 Å². The van der Waals surface area contributed by atoms with Gasteiger partial charge in [0.2, 0.25) is 0 Å². The molecule has 1 aromatic heterocycles. The van der Waals surface area contributed by atoms with Crippen molar-refractivity contribution in [3.8, 4) is 33.9 Å². The summed E-state index contributed by atoms with van der Waals surface area (Å²) in [6, 6.07) is 33.2. The Kier molecular flexibility index (Phi) is 5.92. The number of carboxylic acids is 1. The summed E-state index contributed by atoms with van der Waals surface area (Å²) in [6.45, 7) is 1.88. The Labute approximate surface area is 220 Å². The van der Waals surface area contributed by atoms with Crippen LogP contribution in [0.1, 0.15) is 24.1 Å². The summed E-state index contributed by atoms with van der Waals surface area (Å²) < 4.78 is 11.9. The van der Waals surface area contributed by atoms with E-state index < -0.39 is 11.4 Å². The Bertz CT molecular complexity index is 1610. The summed E-state index contributed by atoms with van der Waals surface area (Å²) in [5.74, 6) is 1.21. The van der Waals surface area contributed by atoms with Crippen molar-refractivity contribution in [3.63, 3.8) is 0 Å². The number of aromatic nitrogens is 1. The van der Waals surface area contributed by atoms with Crippen LogP contribution in [-0.2, 0) is 10.2 Å². The molecular formula is C32H26N2O4. The maximum Gasteiger partial charge on any atom is 0.314 e. The van der Waals surface area contributed by atoms with Crippen LogP contribution in [0, 0.1) is 6.92 Å². The maximum absolute atomic E-state index is 12.1. The summed E-state index contributed by atoms with van der Waals surface area (Å²) >= 11 is 0. The fourth-order valence-electron chi connectivity index (χ4n) is 4.76. The van der Waals surface area contributed by atoms with E-state index in [-0.39, 0.29) is 0 Å². The van der Waals surface area contributed by atoms with Crippen molar-refractivity contribution >= 4 is 17.3 Å². The minimum atomic E-state index is -0.838. The molecule has 1 heterocycles. The zero-order valence-corrected chi connectivity index (χ0v) is 20.8. The van der Waals surface area contributed by atoms with E-state index >= 15 is 0 Å². The van der Waals surface area contributed by atoms with Crippen LogP contribution < -0.4 is 10.1 Å². The SMILES string of the molecule is Cc1noc(-c2cc(C3(C(=O)O)CC3)ccc2-c2ccccc2)c1Nc1cccc(Oc2ccccc2)c1. The van der Waals surface area contributed by atoms with Gasteiger partial charge >= 0.3 is 5.97 Å². The largest absolute Gasteiger partial charge is 0.481 e. The van der Waals surface area contributed by atoms with E-state index in [9.17, 15) is 9.90 Å². The molecule has 4 aromatic carbocycles. The van der Waals surface area contributed by atoms with Gasteiger partial charge in [-0.1, -0.05) is 71.9 Å². The summed E-state index contributed by atoms with van der Waals surface area (Å²) in [4.78, 5) is 12.1. The summed E-state index contributed by atoms with van der Waals surface area (Å²) in [5, 5.41) is 17.7. The van der Waals surface area contributed by atoms with Crippen molar-refractivity contribution in [2.45, 2.75) is 25.2 Å². The van der Waals surface area contributed by atoms with E-state index in [1.54, 1.807) is 0 Å². The number of aryl methyl sites for hydroxylation is 1. The summed E-state index contributed by atoms with van der Waals surface area (Å²) in [7, 11) is 0. The molecule has 188 valence electrons. The second-order valence-electron chi connectivity index (χ2n) is 9.55. The second-order valence-corrected chi connectivity index (χ2v) is 9.55. The Morgan fingerprint density at radius 3 is 2.29 bits per heavy atom. The molecule has 1 fully saturated rings. The lowest BCUT2D eigenvalue weighted by atomic mass is 9.89. The average molecular weight is 503 g/mol. The van der Waals surface area contributed by atoms with Crippen molar-refractivity contribution < 1.29 is 19.2 Å². The molecule has 6 rings (SSSR count). The quantitative estimate of drug-likeness (QED) is 0.224. The number of para-hydroxylation sites is 1. The maximum atomic E-state index is 12.1. The lowest BCUT2D eigenvalue weighted by Crippen LogP contribution is -2.19. The molecule has 1 aliphatic rings. The molecule has 0 bridgehead atoms. The van der Waals surface area contributed by atoms with Crippen molar-refractivity contribution in [2.75, 3.05) is 5.32 Å². The number of carbonyl (C=O) groups is 1. The number of ether oxygens (including phenoxy) is 1. The third-order valence-corrected chi connectivity index (χ3v) is 7.01. The number of anilines is 2. The van der Waals surface area contributed by atoms with Crippen LogP contribution in [0.4, 0.5) is 11.4 Å². The number of hydrogen-bond donors (Lipinski definition) is 2. The Morgan fingerprint density at radius 2 is 1.58 bits per heavy atom. The first-order chi connectivity index (χ1) is 18.5. The monoisotopic (exact) mass is 502 g/mol. The summed E-state index contributed by atoms with van der Waals surface area (Å²) in [5.41, 5.74) is 4.90. The van der Waals surface area contributed by atoms with E-state index in [2.05, 4.69) is 10.5 Å². The number of hydrogen-bond acceptors (Lipinski definition) is 5. The molecule has 6 heteroatoms. The smallest absolute Gasteiger partial charge is 0.314 e. The van der Waals surface area contributed by atoms with Crippen LogP contribution in [0.5, 0.6) is 11.5 Å². The minimum absolute atomic E-state index is 0.554. The molecule has 6 nitrogen and oxygen atoms in total. The van der Waals surface area contributed by atoms with Gasteiger partial charge in [-0.15, -0.1) is 0 Å². The van der Waals surface area contributed by atoms with Crippen LogP contribution >= 0.6 is 0 Å². The van der Waals surface area contributed by atoms with Gasteiger partial charge in [0, 0.05) is 17.3 Å². The van der Waals surface area contributed by atoms with Crippen molar-refractivity contribution in [3.05, 3.63) is 114 Å². The lowest BCUT2D eigenvalue weighted by Gasteiger charge is -2.16. The Morgan fingerprint density at radius 1 is 0.868 bits per heavy atom. The third-order valence-electron chi connectivity index (χ3n) is 7.01. The van der Waals surface area contributed by atoms with E-state index in [1.165, 1.54) is 0 Å². The van der Waals surface area contributed by atoms with E-state index in [1.807, 2.05) is 110 Å². The molecule has 0 saturated heterocycles. The fourth-order valence-corrected chi connectivity index (χ4v) is 4.76. The first-order valence-electron chi connectivity index (χ1n) is 12.5. The highest BCUT2D eigenvalue weighted by Gasteiger charge is 2.52. The first-order valence-corrected chi connectivity index (χ1v) is 12.5. The molecule has 0 atom stereocenters. The summed E-state index contributed by atoms with van der Waals surface area (Å²) in [6.07, 6.45) is 1.25. The third kappa shape index (κ3) is 4.41. The van der Waals surface area contributed by atoms with Crippen LogP contribution in [0.25, 0.3) is 22.5 Å². The van der Waals surface area contributed by atoms with Gasteiger partial charge in [-0.05, 0) is 66.8 Å². The Hall–Kier alpha value is -4.84. The highest BCUT2D eigenvalue weighted by atomic mass is 16.5. The molecule has 0 aliphatic heterocycles. The number of aliphatic carboxylic acids is 1. The normalized spacial score (nSPS) is 13.6. The topological polar surface area (TPSA) is 84.6 Å². The van der Waals surface area contributed by atoms with E-state index in [4.69, 9.17) is 9.26 Å². The predicted molar refractivity (Wildman–Crippen MR) is 147 cm³/mol. The van der Waals surface area contributed by atoms with Gasteiger partial charge in [-0.3, -0.25) is 4.79 Å². The predicted octanol–water partition coefficient (Wildman–Crippen LogP) is 7.97. The van der Waals surface area contributed by atoms with Crippen molar-refractivity contribution in [1.29, 1.82) is 0 Å². The fraction of sp³-hybridized carbons (Fsp3) is 0.125. The molecule has 38 heavy (non-hydrogen) atoms. The van der Waals surface area contributed by atoms with E-state index in [0.717, 1.165) is 39.4 Å². The van der Waals surface area contributed by atoms with Gasteiger partial charge in [0.15, 0.2) is 5.76 Å². The highest BCUT2D eigenvalue weighted by molar-refractivity contribution is 5.91. The van der Waals surface area contributed by atoms with Gasteiger partial charge in [-0.25, -0.2) is 0 Å². The molecule has 1 saturated carbocycles. The second kappa shape index (κ2) is 9.56. The van der Waals surface area contributed by atoms with Gasteiger partial charge < -0.3 is 19.7 Å². The van der Waals surface area contributed by atoms with Crippen LogP contribution in [0.2, 0.25) is 0 Å².